The van der Waals surface area contributed by atoms with Gasteiger partial charge in [-0.15, -0.1) is 0 Å². The zero-order valence-electron chi connectivity index (χ0n) is 12.7. The van der Waals surface area contributed by atoms with Crippen molar-refractivity contribution in [3.8, 4) is 0 Å². The second-order valence-corrected chi connectivity index (χ2v) is 9.06. The van der Waals surface area contributed by atoms with Crippen molar-refractivity contribution in [1.29, 1.82) is 0 Å². The Balaban J connectivity index is 2.13. The molecule has 1 aliphatic carbocycles. The summed E-state index contributed by atoms with van der Waals surface area (Å²) in [5, 5.41) is 3.36. The van der Waals surface area contributed by atoms with Crippen LogP contribution >= 0.6 is 11.8 Å². The van der Waals surface area contributed by atoms with Gasteiger partial charge in [0.25, 0.3) is 0 Å². The van der Waals surface area contributed by atoms with Crippen LogP contribution in [0.4, 0.5) is 11.4 Å². The minimum absolute atomic E-state index is 0.221. The van der Waals surface area contributed by atoms with Crippen molar-refractivity contribution in [3.05, 3.63) is 18.2 Å². The Hall–Kier alpha value is -0.920. The van der Waals surface area contributed by atoms with Gasteiger partial charge in [-0.2, -0.15) is 11.8 Å². The highest BCUT2D eigenvalue weighted by atomic mass is 32.2. The first-order valence-corrected chi connectivity index (χ1v) is 9.58. The normalized spacial score (nSPS) is 17.5. The maximum Gasteiger partial charge on any atom is 0.242 e. The lowest BCUT2D eigenvalue weighted by Gasteiger charge is -2.40. The SMILES string of the molecule is CSC1(CNc2ccc(S(=O)(=O)N(C)C)cc2N)CCC1. The quantitative estimate of drug-likeness (QED) is 0.783. The van der Waals surface area contributed by atoms with Crippen molar-refractivity contribution >= 4 is 33.2 Å². The summed E-state index contributed by atoms with van der Waals surface area (Å²) in [6.07, 6.45) is 5.84. The molecule has 1 fully saturated rings. The monoisotopic (exact) mass is 329 g/mol. The summed E-state index contributed by atoms with van der Waals surface area (Å²) < 4.78 is 25.6. The van der Waals surface area contributed by atoms with Gasteiger partial charge in [0.2, 0.25) is 10.0 Å². The molecule has 0 bridgehead atoms. The van der Waals surface area contributed by atoms with E-state index in [9.17, 15) is 8.42 Å². The molecule has 0 unspecified atom stereocenters. The van der Waals surface area contributed by atoms with E-state index in [-0.39, 0.29) is 4.90 Å². The van der Waals surface area contributed by atoms with E-state index >= 15 is 0 Å². The highest BCUT2D eigenvalue weighted by Crippen LogP contribution is 2.43. The number of anilines is 2. The van der Waals surface area contributed by atoms with Crippen molar-refractivity contribution in [1.82, 2.24) is 4.31 Å². The van der Waals surface area contributed by atoms with Gasteiger partial charge in [0.05, 0.1) is 16.3 Å². The van der Waals surface area contributed by atoms with Gasteiger partial charge >= 0.3 is 0 Å². The average molecular weight is 329 g/mol. The van der Waals surface area contributed by atoms with Crippen molar-refractivity contribution in [2.45, 2.75) is 28.9 Å². The van der Waals surface area contributed by atoms with E-state index in [4.69, 9.17) is 5.73 Å². The van der Waals surface area contributed by atoms with Crippen molar-refractivity contribution < 1.29 is 8.42 Å². The van der Waals surface area contributed by atoms with Crippen LogP contribution < -0.4 is 11.1 Å². The second-order valence-electron chi connectivity index (χ2n) is 5.63. The number of benzene rings is 1. The molecule has 7 heteroatoms. The maximum absolute atomic E-state index is 12.1. The molecule has 0 amide bonds. The number of nitrogens with one attached hydrogen (secondary N) is 1. The van der Waals surface area contributed by atoms with E-state index in [0.717, 1.165) is 12.2 Å². The Kier molecular flexibility index (Phi) is 4.75. The fraction of sp³-hybridized carbons (Fsp3) is 0.571. The fourth-order valence-corrected chi connectivity index (χ4v) is 4.20. The molecule has 0 radical (unpaired) electrons. The summed E-state index contributed by atoms with van der Waals surface area (Å²) in [6.45, 7) is 0.859. The van der Waals surface area contributed by atoms with E-state index in [2.05, 4.69) is 11.6 Å². The Morgan fingerprint density at radius 2 is 2.05 bits per heavy atom. The minimum atomic E-state index is -3.44. The number of rotatable bonds is 6. The Morgan fingerprint density at radius 3 is 2.48 bits per heavy atom. The molecule has 0 heterocycles. The summed E-state index contributed by atoms with van der Waals surface area (Å²) in [7, 11) is -0.415. The van der Waals surface area contributed by atoms with Gasteiger partial charge in [0.15, 0.2) is 0 Å². The third-order valence-corrected chi connectivity index (χ3v) is 7.33. The maximum atomic E-state index is 12.1. The molecule has 0 aliphatic heterocycles. The highest BCUT2D eigenvalue weighted by molar-refractivity contribution is 8.00. The van der Waals surface area contributed by atoms with Gasteiger partial charge in [0, 0.05) is 25.4 Å². The largest absolute Gasteiger partial charge is 0.397 e. The second kappa shape index (κ2) is 6.06. The number of thioether (sulfide) groups is 1. The molecule has 0 aromatic heterocycles. The number of nitrogen functional groups attached to an aromatic ring is 1. The Labute approximate surface area is 131 Å². The van der Waals surface area contributed by atoms with E-state index in [1.165, 1.54) is 43.7 Å². The summed E-state index contributed by atoms with van der Waals surface area (Å²) in [5.41, 5.74) is 7.26. The summed E-state index contributed by atoms with van der Waals surface area (Å²) in [4.78, 5) is 0.221. The predicted octanol–water partition coefficient (Wildman–Crippen LogP) is 2.22. The standard InChI is InChI=1S/C14H23N3O2S2/c1-17(2)21(18,19)11-5-6-13(12(15)9-11)16-10-14(20-3)7-4-8-14/h5-6,9,16H,4,7-8,10,15H2,1-3H3. The molecule has 0 spiro atoms. The average Bonchev–Trinajstić information content (AvgIpc) is 2.39. The first-order valence-electron chi connectivity index (χ1n) is 6.92. The van der Waals surface area contributed by atoms with E-state index in [1.54, 1.807) is 12.1 Å². The molecular weight excluding hydrogens is 306 g/mol. The molecule has 2 rings (SSSR count). The van der Waals surface area contributed by atoms with Crippen LogP contribution in [0.15, 0.2) is 23.1 Å². The van der Waals surface area contributed by atoms with Gasteiger partial charge < -0.3 is 11.1 Å². The summed E-state index contributed by atoms with van der Waals surface area (Å²) >= 11 is 1.89. The predicted molar refractivity (Wildman–Crippen MR) is 90.3 cm³/mol. The third kappa shape index (κ3) is 3.30. The number of nitrogens with zero attached hydrogens (tertiary/aromatic N) is 1. The molecule has 1 saturated carbocycles. The third-order valence-electron chi connectivity index (χ3n) is 4.10. The number of sulfonamides is 1. The molecule has 118 valence electrons. The van der Waals surface area contributed by atoms with Crippen LogP contribution in [-0.2, 0) is 10.0 Å². The molecule has 0 atom stereocenters. The van der Waals surface area contributed by atoms with Crippen LogP contribution in [0.25, 0.3) is 0 Å². The van der Waals surface area contributed by atoms with Crippen LogP contribution in [-0.4, -0.2) is 44.4 Å². The molecule has 1 aromatic rings. The molecule has 0 saturated heterocycles. The van der Waals surface area contributed by atoms with Gasteiger partial charge in [-0.05, 0) is 37.3 Å². The van der Waals surface area contributed by atoms with Gasteiger partial charge in [-0.1, -0.05) is 6.42 Å². The molecule has 1 aromatic carbocycles. The van der Waals surface area contributed by atoms with Gasteiger partial charge in [0.1, 0.15) is 0 Å². The van der Waals surface area contributed by atoms with Crippen LogP contribution in [0.2, 0.25) is 0 Å². The smallest absolute Gasteiger partial charge is 0.242 e. The molecule has 21 heavy (non-hydrogen) atoms. The fourth-order valence-electron chi connectivity index (χ4n) is 2.35. The zero-order valence-corrected chi connectivity index (χ0v) is 14.4. The number of hydrogen-bond acceptors (Lipinski definition) is 5. The lowest BCUT2D eigenvalue weighted by Crippen LogP contribution is -2.40. The van der Waals surface area contributed by atoms with Crippen molar-refractivity contribution in [2.24, 2.45) is 0 Å². The lowest BCUT2D eigenvalue weighted by molar-refractivity contribution is 0.380. The highest BCUT2D eigenvalue weighted by Gasteiger charge is 2.35. The molecule has 3 N–H and O–H groups in total. The van der Waals surface area contributed by atoms with E-state index in [1.807, 2.05) is 11.8 Å². The minimum Gasteiger partial charge on any atom is -0.397 e. The Bertz CT molecular complexity index is 605. The van der Waals surface area contributed by atoms with Crippen LogP contribution in [0, 0.1) is 0 Å². The lowest BCUT2D eigenvalue weighted by atomic mass is 9.84. The van der Waals surface area contributed by atoms with Crippen LogP contribution in [0.1, 0.15) is 19.3 Å². The molecule has 5 nitrogen and oxygen atoms in total. The number of hydrogen-bond donors (Lipinski definition) is 2. The Morgan fingerprint density at radius 1 is 1.38 bits per heavy atom. The van der Waals surface area contributed by atoms with Crippen molar-refractivity contribution in [2.75, 3.05) is 37.9 Å². The van der Waals surface area contributed by atoms with Gasteiger partial charge in [-0.3, -0.25) is 0 Å². The van der Waals surface area contributed by atoms with Gasteiger partial charge in [-0.25, -0.2) is 12.7 Å². The van der Waals surface area contributed by atoms with E-state index in [0.29, 0.717) is 10.4 Å². The number of nitrogens with two attached hydrogens (primary N) is 1. The molecular formula is C14H23N3O2S2. The van der Waals surface area contributed by atoms with Crippen LogP contribution in [0.5, 0.6) is 0 Å². The summed E-state index contributed by atoms with van der Waals surface area (Å²) in [5.74, 6) is 0. The van der Waals surface area contributed by atoms with Crippen molar-refractivity contribution in [3.63, 3.8) is 0 Å². The zero-order chi connectivity index (χ0) is 15.7. The summed E-state index contributed by atoms with van der Waals surface area (Å²) in [6, 6.07) is 4.86. The van der Waals surface area contributed by atoms with Crippen LogP contribution in [0.3, 0.4) is 0 Å². The first kappa shape index (κ1) is 16.5. The topological polar surface area (TPSA) is 75.4 Å². The molecule has 1 aliphatic rings. The van der Waals surface area contributed by atoms with E-state index < -0.39 is 10.0 Å². The first-order chi connectivity index (χ1) is 9.81.